The summed E-state index contributed by atoms with van der Waals surface area (Å²) < 4.78 is 0. The summed E-state index contributed by atoms with van der Waals surface area (Å²) in [6.45, 7) is 45.6. The summed E-state index contributed by atoms with van der Waals surface area (Å²) in [4.78, 5) is 138. The van der Waals surface area contributed by atoms with Gasteiger partial charge in [0.25, 0.3) is 0 Å². The smallest absolute Gasteiger partial charge is 0.323 e. The number of nitrogens with two attached hydrogens (primary N) is 3. The molecule has 1 aliphatic rings. The van der Waals surface area contributed by atoms with Crippen LogP contribution >= 0.6 is 0 Å². The Hall–Kier alpha value is -7.62. The highest BCUT2D eigenvalue weighted by molar-refractivity contribution is 5.78. The Morgan fingerprint density at radius 1 is 0.475 bits per heavy atom. The van der Waals surface area contributed by atoms with Crippen LogP contribution in [0.4, 0.5) is 0 Å². The van der Waals surface area contributed by atoms with E-state index in [-0.39, 0.29) is 72.8 Å². The summed E-state index contributed by atoms with van der Waals surface area (Å²) >= 11 is 0. The summed E-state index contributed by atoms with van der Waals surface area (Å²) in [6, 6.07) is -1.69. The lowest BCUT2D eigenvalue weighted by Gasteiger charge is -2.18. The molecule has 0 aromatic heterocycles. The Labute approximate surface area is 586 Å². The quantitative estimate of drug-likeness (QED) is 0.0509. The van der Waals surface area contributed by atoms with Gasteiger partial charge < -0.3 is 99.1 Å². The number of carbonyl (C=O) groups is 14. The SMILES string of the molecule is CC(C)(C)C(=O)O.CC(C)(C)CC(=O)O.CC(C)C(=O)O.CC(C)C(=O)O.CC(C)C(=O)O.CC(C)C(N)C(=O)O.CC(C)CC(=O)O.CC1CCNC1C(=O)O.CCC(=O)O.CCC(C)(CO)C(=O)O.CCC(C)(N)C(=O)O.CCC(C)C(=O)O.CCC(N)C(=O)O.CCCC(=O)O. The Morgan fingerprint density at radius 2 is 0.818 bits per heavy atom. The lowest BCUT2D eigenvalue weighted by atomic mass is 9.89. The van der Waals surface area contributed by atoms with E-state index < -0.39 is 112 Å². The molecule has 0 aromatic carbocycles. The minimum absolute atomic E-state index is 0.0208. The standard InChI is InChI=1S/C6H11NO2.C6H12O3.C6H12O2.2C5H11NO2.3C5H10O2.C4H9NO2.4C4H8O2.C3H6O2/c1-4-2-3-7-5(4)6(8)9;1-3-6(2,4-7)5(8)9;1-6(2,3)4-5(7)8;1-3-5(2,6)4(7)8;1-3(2)4(6)5(7)8;1-5(2,3)4(6)7;1-4(2)3-5(6)7;1-3-4(2)5(6)7;1-2-3(5)4(6)7;3*1-3(2)4(5)6;1-2-3-4(5)6;1-2-3(4)5/h4-5,7H,2-3H2,1H3,(H,8,9);7H,3-4H2,1-2H3,(H,8,9);4H2,1-3H3,(H,7,8);3,6H2,1-2H3,(H,7,8);3-4H,6H2,1-2H3,(H,7,8);1-3H3,(H,6,7);2*4H,3H2,1-2H3,(H,6,7);3H,2,5H2,1H3,(H,6,7);3*3H,1-2H3,(H,5,6);2-3H2,1H3,(H,5,6);2H2,1H3,(H,4,5). The molecule has 0 aromatic rings. The van der Waals surface area contributed by atoms with E-state index in [4.69, 9.17) is 93.8 Å². The summed E-state index contributed by atoms with van der Waals surface area (Å²) in [7, 11) is 0. The van der Waals surface area contributed by atoms with Gasteiger partial charge in [0.1, 0.15) is 23.7 Å². The van der Waals surface area contributed by atoms with Crippen LogP contribution in [-0.4, -0.2) is 197 Å². The van der Waals surface area contributed by atoms with Crippen molar-refractivity contribution < 1.29 is 144 Å². The average molecular weight is 1450 g/mol. The van der Waals surface area contributed by atoms with Crippen LogP contribution in [0.3, 0.4) is 0 Å². The summed E-state index contributed by atoms with van der Waals surface area (Å²) in [5, 5.41) is 125. The maximum Gasteiger partial charge on any atom is 0.323 e. The molecule has 0 bridgehead atoms. The molecule has 22 N–H and O–H groups in total. The minimum atomic E-state index is -1.04. The van der Waals surface area contributed by atoms with E-state index >= 15 is 0 Å². The molecule has 7 unspecified atom stereocenters. The number of rotatable bonds is 21. The maximum atomic E-state index is 10.3. The Balaban J connectivity index is -0.0000000733. The van der Waals surface area contributed by atoms with Crippen molar-refractivity contribution in [2.75, 3.05) is 13.2 Å². The van der Waals surface area contributed by atoms with Gasteiger partial charge in [-0.15, -0.1) is 0 Å². The Morgan fingerprint density at radius 3 is 0.838 bits per heavy atom. The molecular formula is C66H134N4O29. The molecule has 592 valence electrons. The zero-order valence-electron chi connectivity index (χ0n) is 63.9. The van der Waals surface area contributed by atoms with Gasteiger partial charge in [-0.25, -0.2) is 0 Å². The number of nitrogens with one attached hydrogen (secondary N) is 1. The van der Waals surface area contributed by atoms with Gasteiger partial charge in [-0.05, 0) is 103 Å². The van der Waals surface area contributed by atoms with Crippen LogP contribution in [0.1, 0.15) is 244 Å². The van der Waals surface area contributed by atoms with E-state index in [2.05, 4.69) is 5.32 Å². The van der Waals surface area contributed by atoms with Crippen LogP contribution in [0.25, 0.3) is 0 Å². The molecule has 33 nitrogen and oxygen atoms in total. The summed E-state index contributed by atoms with van der Waals surface area (Å²) in [6.07, 6.45) is 4.88. The number of hydrogen-bond donors (Lipinski definition) is 19. The topological polar surface area (TPSA) is 633 Å². The first-order valence-corrected chi connectivity index (χ1v) is 32.0. The van der Waals surface area contributed by atoms with Gasteiger partial charge in [0.05, 0.1) is 47.5 Å². The van der Waals surface area contributed by atoms with Crippen LogP contribution in [-0.2, 0) is 67.1 Å². The normalized spacial score (nSPS) is 14.1. The predicted molar refractivity (Wildman–Crippen MR) is 374 cm³/mol. The molecule has 0 saturated carbocycles. The average Bonchev–Trinajstić information content (AvgIpc) is 1.93. The molecule has 1 fully saturated rings. The zero-order valence-corrected chi connectivity index (χ0v) is 63.9. The first-order chi connectivity index (χ1) is 44.2. The van der Waals surface area contributed by atoms with Gasteiger partial charge in [0.15, 0.2) is 0 Å². The van der Waals surface area contributed by atoms with Crippen molar-refractivity contribution >= 4 is 83.6 Å². The van der Waals surface area contributed by atoms with E-state index in [1.54, 1.807) is 111 Å². The van der Waals surface area contributed by atoms with Crippen LogP contribution < -0.4 is 22.5 Å². The minimum Gasteiger partial charge on any atom is -0.481 e. The molecule has 0 amide bonds. The fourth-order valence-electron chi connectivity index (χ4n) is 3.30. The first kappa shape index (κ1) is 122. The number of carboxylic acid groups (broad SMARTS) is 14. The van der Waals surface area contributed by atoms with Gasteiger partial charge in [-0.3, -0.25) is 67.1 Å². The number of carboxylic acids is 14. The number of aliphatic carboxylic acids is 14. The third kappa shape index (κ3) is 112. The molecule has 7 atom stereocenters. The second kappa shape index (κ2) is 70.3. The molecule has 1 rings (SSSR count). The van der Waals surface area contributed by atoms with Crippen molar-refractivity contribution in [3.05, 3.63) is 0 Å². The number of hydrogen-bond acceptors (Lipinski definition) is 19. The molecule has 0 spiro atoms. The van der Waals surface area contributed by atoms with Gasteiger partial charge >= 0.3 is 83.6 Å². The van der Waals surface area contributed by atoms with Gasteiger partial charge in [0.2, 0.25) is 0 Å². The molecule has 1 aliphatic heterocycles. The Kier molecular flexibility index (Phi) is 86.2. The molecule has 33 heteroatoms. The number of aliphatic hydroxyl groups excluding tert-OH is 1. The maximum absolute atomic E-state index is 10.3. The molecular weight excluding hydrogens is 1310 g/mol. The van der Waals surface area contributed by atoms with Crippen LogP contribution in [0.2, 0.25) is 0 Å². The largest absolute Gasteiger partial charge is 0.481 e. The van der Waals surface area contributed by atoms with Gasteiger partial charge in [-0.2, -0.15) is 0 Å². The fourth-order valence-corrected chi connectivity index (χ4v) is 3.30. The third-order valence-electron chi connectivity index (χ3n) is 11.6. The van der Waals surface area contributed by atoms with Crippen molar-refractivity contribution in [2.45, 2.75) is 268 Å². The first-order valence-electron chi connectivity index (χ1n) is 32.0. The Bertz CT molecular complexity index is 2140. The second-order valence-corrected chi connectivity index (χ2v) is 26.1. The zero-order chi connectivity index (χ0) is 83.0. The third-order valence-corrected chi connectivity index (χ3v) is 11.6. The van der Waals surface area contributed by atoms with E-state index in [0.29, 0.717) is 31.6 Å². The van der Waals surface area contributed by atoms with Crippen molar-refractivity contribution in [2.24, 2.45) is 74.9 Å². The predicted octanol–water partition coefficient (Wildman–Crippen LogP) is 9.00. The van der Waals surface area contributed by atoms with E-state index in [1.807, 2.05) is 55.4 Å². The van der Waals surface area contributed by atoms with E-state index in [1.165, 1.54) is 13.8 Å². The summed E-state index contributed by atoms with van der Waals surface area (Å²) in [5.74, 6) is -11.3. The lowest BCUT2D eigenvalue weighted by Crippen LogP contribution is -2.43. The van der Waals surface area contributed by atoms with Gasteiger partial charge in [0, 0.05) is 19.3 Å². The number of aliphatic hydroxyl groups is 1. The molecule has 99 heavy (non-hydrogen) atoms. The lowest BCUT2D eigenvalue weighted by molar-refractivity contribution is -0.151. The van der Waals surface area contributed by atoms with Crippen LogP contribution in [0, 0.1) is 57.7 Å². The molecule has 1 saturated heterocycles. The highest BCUT2D eigenvalue weighted by atomic mass is 16.4. The second-order valence-electron chi connectivity index (χ2n) is 26.1. The highest BCUT2D eigenvalue weighted by Crippen LogP contribution is 2.20. The van der Waals surface area contributed by atoms with Crippen molar-refractivity contribution in [1.29, 1.82) is 0 Å². The summed E-state index contributed by atoms with van der Waals surface area (Å²) in [5.41, 5.74) is 12.8. The molecule has 0 aliphatic carbocycles. The van der Waals surface area contributed by atoms with Crippen LogP contribution in [0.5, 0.6) is 0 Å². The van der Waals surface area contributed by atoms with Crippen LogP contribution in [0.15, 0.2) is 0 Å². The van der Waals surface area contributed by atoms with Crippen molar-refractivity contribution in [3.8, 4) is 0 Å². The van der Waals surface area contributed by atoms with E-state index in [0.717, 1.165) is 25.8 Å². The van der Waals surface area contributed by atoms with Crippen molar-refractivity contribution in [3.63, 3.8) is 0 Å². The highest BCUT2D eigenvalue weighted by Gasteiger charge is 2.30. The molecule has 1 heterocycles. The fraction of sp³-hybridized carbons (Fsp3) is 0.788. The monoisotopic (exact) mass is 1450 g/mol. The van der Waals surface area contributed by atoms with Gasteiger partial charge in [-0.1, -0.05) is 145 Å². The van der Waals surface area contributed by atoms with Crippen molar-refractivity contribution in [1.82, 2.24) is 5.32 Å². The van der Waals surface area contributed by atoms with E-state index in [9.17, 15) is 67.1 Å². The molecule has 0 radical (unpaired) electrons.